The molecule has 28 heavy (non-hydrogen) atoms. The van der Waals surface area contributed by atoms with E-state index in [1.165, 1.54) is 0 Å². The first kappa shape index (κ1) is 18.0. The summed E-state index contributed by atoms with van der Waals surface area (Å²) in [4.78, 5) is 25.7. The molecule has 0 aliphatic rings. The smallest absolute Gasteiger partial charge is 0.255 e. The number of carbonyl (C=O) groups excluding carboxylic acids is 2. The Morgan fingerprint density at radius 3 is 2.18 bits per heavy atom. The first-order valence-corrected chi connectivity index (χ1v) is 9.19. The molecule has 0 aliphatic carbocycles. The van der Waals surface area contributed by atoms with E-state index in [9.17, 15) is 9.59 Å². The molecule has 0 unspecified atom stereocenters. The quantitative estimate of drug-likeness (QED) is 0.439. The summed E-state index contributed by atoms with van der Waals surface area (Å²) in [6.07, 6.45) is 0. The molecule has 136 valence electrons. The van der Waals surface area contributed by atoms with Crippen LogP contribution in [0.5, 0.6) is 0 Å². The van der Waals surface area contributed by atoms with E-state index in [0.29, 0.717) is 27.4 Å². The minimum atomic E-state index is -0.282. The molecule has 0 bridgehead atoms. The second kappa shape index (κ2) is 7.67. The predicted molar refractivity (Wildman–Crippen MR) is 113 cm³/mol. The third kappa shape index (κ3) is 3.66. The van der Waals surface area contributed by atoms with Gasteiger partial charge < -0.3 is 5.32 Å². The van der Waals surface area contributed by atoms with E-state index in [2.05, 4.69) is 5.32 Å². The highest BCUT2D eigenvalue weighted by atomic mass is 35.5. The number of anilines is 1. The highest BCUT2D eigenvalue weighted by Crippen LogP contribution is 2.25. The molecule has 4 heteroatoms. The van der Waals surface area contributed by atoms with Gasteiger partial charge in [-0.25, -0.2) is 0 Å². The summed E-state index contributed by atoms with van der Waals surface area (Å²) >= 11 is 6.10. The molecule has 0 atom stereocenters. The minimum absolute atomic E-state index is 0.197. The van der Waals surface area contributed by atoms with Gasteiger partial charge in [0.25, 0.3) is 5.91 Å². The first-order chi connectivity index (χ1) is 13.6. The molecule has 0 aromatic heterocycles. The molecule has 4 aromatic carbocycles. The van der Waals surface area contributed by atoms with Gasteiger partial charge in [-0.05, 0) is 41.1 Å². The Labute approximate surface area is 167 Å². The number of hydrogen-bond donors (Lipinski definition) is 1. The third-order valence-corrected chi connectivity index (χ3v) is 4.76. The number of halogens is 1. The van der Waals surface area contributed by atoms with Crippen molar-refractivity contribution >= 4 is 39.8 Å². The number of benzene rings is 4. The van der Waals surface area contributed by atoms with Crippen LogP contribution in [0, 0.1) is 0 Å². The molecule has 0 radical (unpaired) electrons. The van der Waals surface area contributed by atoms with Crippen molar-refractivity contribution in [3.05, 3.63) is 113 Å². The van der Waals surface area contributed by atoms with E-state index in [4.69, 9.17) is 11.6 Å². The summed E-state index contributed by atoms with van der Waals surface area (Å²) < 4.78 is 0. The van der Waals surface area contributed by atoms with Crippen LogP contribution in [0.2, 0.25) is 5.02 Å². The van der Waals surface area contributed by atoms with Crippen LogP contribution in [0.4, 0.5) is 5.69 Å². The molecule has 4 rings (SSSR count). The van der Waals surface area contributed by atoms with Gasteiger partial charge in [0, 0.05) is 21.7 Å². The lowest BCUT2D eigenvalue weighted by Crippen LogP contribution is -2.15. The van der Waals surface area contributed by atoms with Crippen LogP contribution in [0.1, 0.15) is 26.3 Å². The number of carbonyl (C=O) groups is 2. The van der Waals surface area contributed by atoms with Crippen LogP contribution < -0.4 is 5.32 Å². The van der Waals surface area contributed by atoms with Gasteiger partial charge in [-0.15, -0.1) is 0 Å². The van der Waals surface area contributed by atoms with Crippen molar-refractivity contribution < 1.29 is 9.59 Å². The summed E-state index contributed by atoms with van der Waals surface area (Å²) in [5, 5.41) is 5.32. The molecule has 1 N–H and O–H groups in total. The fourth-order valence-electron chi connectivity index (χ4n) is 3.08. The standard InChI is InChI=1S/C24H16ClNO2/c25-20-12-13-22(21(15-20)23(27)17-7-2-1-3-8-17)26-24(28)19-11-10-16-6-4-5-9-18(16)14-19/h1-15H,(H,26,28). The molecule has 3 nitrogen and oxygen atoms in total. The Kier molecular flexibility index (Phi) is 4.92. The van der Waals surface area contributed by atoms with Crippen LogP contribution in [-0.4, -0.2) is 11.7 Å². The van der Waals surface area contributed by atoms with Crippen LogP contribution in [0.3, 0.4) is 0 Å². The van der Waals surface area contributed by atoms with E-state index in [1.54, 1.807) is 48.5 Å². The average molecular weight is 386 g/mol. The molecule has 4 aromatic rings. The van der Waals surface area contributed by atoms with E-state index in [0.717, 1.165) is 10.8 Å². The van der Waals surface area contributed by atoms with Crippen LogP contribution in [-0.2, 0) is 0 Å². The van der Waals surface area contributed by atoms with Crippen LogP contribution in [0.15, 0.2) is 91.0 Å². The van der Waals surface area contributed by atoms with Crippen molar-refractivity contribution in [2.24, 2.45) is 0 Å². The Hall–Kier alpha value is -3.43. The highest BCUT2D eigenvalue weighted by Gasteiger charge is 2.17. The van der Waals surface area contributed by atoms with Gasteiger partial charge in [-0.3, -0.25) is 9.59 Å². The molecule has 0 saturated carbocycles. The summed E-state index contributed by atoms with van der Waals surface area (Å²) in [6, 6.07) is 27.1. The normalized spacial score (nSPS) is 10.6. The largest absolute Gasteiger partial charge is 0.321 e. The zero-order valence-electron chi connectivity index (χ0n) is 14.9. The maximum atomic E-state index is 12.9. The fourth-order valence-corrected chi connectivity index (χ4v) is 3.26. The minimum Gasteiger partial charge on any atom is -0.321 e. The average Bonchev–Trinajstić information content (AvgIpc) is 2.74. The van der Waals surface area contributed by atoms with Crippen molar-refractivity contribution in [3.63, 3.8) is 0 Å². The maximum Gasteiger partial charge on any atom is 0.255 e. The number of rotatable bonds is 4. The van der Waals surface area contributed by atoms with Gasteiger partial charge in [0.05, 0.1) is 5.69 Å². The zero-order chi connectivity index (χ0) is 19.5. The Morgan fingerprint density at radius 2 is 1.39 bits per heavy atom. The Bertz CT molecular complexity index is 1190. The first-order valence-electron chi connectivity index (χ1n) is 8.81. The number of fused-ring (bicyclic) bond motifs is 1. The molecule has 0 aliphatic heterocycles. The van der Waals surface area contributed by atoms with Crippen molar-refractivity contribution in [2.75, 3.05) is 5.32 Å². The SMILES string of the molecule is O=C(Nc1ccc(Cl)cc1C(=O)c1ccccc1)c1ccc2ccccc2c1. The van der Waals surface area contributed by atoms with Crippen LogP contribution in [0.25, 0.3) is 10.8 Å². The summed E-state index contributed by atoms with van der Waals surface area (Å²) in [5.41, 5.74) is 1.84. The fraction of sp³-hybridized carbons (Fsp3) is 0. The molecular formula is C24H16ClNO2. The number of hydrogen-bond acceptors (Lipinski definition) is 2. The lowest BCUT2D eigenvalue weighted by atomic mass is 10.0. The Balaban J connectivity index is 1.67. The van der Waals surface area contributed by atoms with Gasteiger partial charge in [0.1, 0.15) is 0 Å². The molecule has 0 heterocycles. The second-order valence-corrected chi connectivity index (χ2v) is 6.84. The predicted octanol–water partition coefficient (Wildman–Crippen LogP) is 5.98. The molecule has 0 spiro atoms. The van der Waals surface area contributed by atoms with Crippen LogP contribution >= 0.6 is 11.6 Å². The summed E-state index contributed by atoms with van der Waals surface area (Å²) in [6.45, 7) is 0. The van der Waals surface area contributed by atoms with E-state index < -0.39 is 0 Å². The van der Waals surface area contributed by atoms with Crippen molar-refractivity contribution in [3.8, 4) is 0 Å². The van der Waals surface area contributed by atoms with Gasteiger partial charge in [-0.2, -0.15) is 0 Å². The Morgan fingerprint density at radius 1 is 0.679 bits per heavy atom. The van der Waals surface area contributed by atoms with Gasteiger partial charge >= 0.3 is 0 Å². The van der Waals surface area contributed by atoms with E-state index >= 15 is 0 Å². The molecular weight excluding hydrogens is 370 g/mol. The maximum absolute atomic E-state index is 12.9. The second-order valence-electron chi connectivity index (χ2n) is 6.40. The summed E-state index contributed by atoms with van der Waals surface area (Å²) in [5.74, 6) is -0.480. The third-order valence-electron chi connectivity index (χ3n) is 4.52. The number of ketones is 1. The zero-order valence-corrected chi connectivity index (χ0v) is 15.6. The topological polar surface area (TPSA) is 46.2 Å². The van der Waals surface area contributed by atoms with Gasteiger partial charge in [0.15, 0.2) is 5.78 Å². The van der Waals surface area contributed by atoms with E-state index in [-0.39, 0.29) is 11.7 Å². The summed E-state index contributed by atoms with van der Waals surface area (Å²) in [7, 11) is 0. The number of nitrogens with one attached hydrogen (secondary N) is 1. The van der Waals surface area contributed by atoms with Crippen molar-refractivity contribution in [1.82, 2.24) is 0 Å². The molecule has 1 amide bonds. The lowest BCUT2D eigenvalue weighted by molar-refractivity contribution is 0.102. The molecule has 0 saturated heterocycles. The molecule has 0 fully saturated rings. The monoisotopic (exact) mass is 385 g/mol. The highest BCUT2D eigenvalue weighted by molar-refractivity contribution is 6.31. The lowest BCUT2D eigenvalue weighted by Gasteiger charge is -2.12. The number of amides is 1. The van der Waals surface area contributed by atoms with E-state index in [1.807, 2.05) is 42.5 Å². The van der Waals surface area contributed by atoms with Crippen molar-refractivity contribution in [1.29, 1.82) is 0 Å². The van der Waals surface area contributed by atoms with Gasteiger partial charge in [-0.1, -0.05) is 72.3 Å². The van der Waals surface area contributed by atoms with Gasteiger partial charge in [0.2, 0.25) is 0 Å². The van der Waals surface area contributed by atoms with Crippen molar-refractivity contribution in [2.45, 2.75) is 0 Å².